The second kappa shape index (κ2) is 9.58. The Labute approximate surface area is 165 Å². The number of hydrogen-bond donors (Lipinski definition) is 2. The van der Waals surface area contributed by atoms with E-state index in [-0.39, 0.29) is 5.91 Å². The topological polar surface area (TPSA) is 52.0 Å². The van der Waals surface area contributed by atoms with Gasteiger partial charge in [0.15, 0.2) is 12.3 Å². The van der Waals surface area contributed by atoms with Gasteiger partial charge in [0.25, 0.3) is 5.91 Å². The third-order valence-corrected chi connectivity index (χ3v) is 4.28. The second-order valence-corrected chi connectivity index (χ2v) is 6.58. The highest BCUT2D eigenvalue weighted by atomic mass is 16.5. The minimum absolute atomic E-state index is 0.0727. The fourth-order valence-electron chi connectivity index (χ4n) is 2.98. The van der Waals surface area contributed by atoms with Gasteiger partial charge in [-0.05, 0) is 36.4 Å². The SMILES string of the molecule is COc1ccccc1C[NH+](C)CC(=O)Nc1ccccc1Oc1ccccc1. The Kier molecular flexibility index (Phi) is 6.65. The molecular weight excluding hydrogens is 352 g/mol. The number of para-hydroxylation sites is 4. The summed E-state index contributed by atoms with van der Waals surface area (Å²) >= 11 is 0. The van der Waals surface area contributed by atoms with Crippen LogP contribution in [0, 0.1) is 0 Å². The number of carbonyl (C=O) groups excluding carboxylic acids is 1. The van der Waals surface area contributed by atoms with Gasteiger partial charge in [-0.25, -0.2) is 0 Å². The van der Waals surface area contributed by atoms with Crippen LogP contribution in [-0.2, 0) is 11.3 Å². The molecule has 3 aromatic rings. The highest BCUT2D eigenvalue weighted by Gasteiger charge is 2.15. The van der Waals surface area contributed by atoms with E-state index in [1.54, 1.807) is 7.11 Å². The van der Waals surface area contributed by atoms with Crippen molar-refractivity contribution in [3.63, 3.8) is 0 Å². The van der Waals surface area contributed by atoms with Gasteiger partial charge in [0, 0.05) is 5.56 Å². The average Bonchev–Trinajstić information content (AvgIpc) is 2.70. The summed E-state index contributed by atoms with van der Waals surface area (Å²) in [7, 11) is 3.64. The Morgan fingerprint density at radius 1 is 0.893 bits per heavy atom. The van der Waals surface area contributed by atoms with Crippen LogP contribution in [0.1, 0.15) is 5.56 Å². The van der Waals surface area contributed by atoms with Gasteiger partial charge in [-0.2, -0.15) is 0 Å². The van der Waals surface area contributed by atoms with Crippen LogP contribution in [0.5, 0.6) is 17.2 Å². The molecule has 0 aromatic heterocycles. The molecule has 0 heterocycles. The van der Waals surface area contributed by atoms with Crippen molar-refractivity contribution in [1.82, 2.24) is 0 Å². The number of carbonyl (C=O) groups is 1. The van der Waals surface area contributed by atoms with Gasteiger partial charge < -0.3 is 19.7 Å². The highest BCUT2D eigenvalue weighted by Crippen LogP contribution is 2.28. The Hall–Kier alpha value is -3.31. The lowest BCUT2D eigenvalue weighted by Gasteiger charge is -2.16. The molecule has 0 fully saturated rings. The summed E-state index contributed by atoms with van der Waals surface area (Å²) in [6.45, 7) is 1.03. The zero-order valence-corrected chi connectivity index (χ0v) is 16.1. The summed E-state index contributed by atoms with van der Waals surface area (Å²) in [6, 6.07) is 24.8. The van der Waals surface area contributed by atoms with E-state index in [9.17, 15) is 4.79 Å². The van der Waals surface area contributed by atoms with E-state index in [4.69, 9.17) is 9.47 Å². The number of rotatable bonds is 8. The van der Waals surface area contributed by atoms with E-state index in [1.807, 2.05) is 85.9 Å². The summed E-state index contributed by atoms with van der Waals surface area (Å²) in [6.07, 6.45) is 0. The summed E-state index contributed by atoms with van der Waals surface area (Å²) in [5.74, 6) is 2.10. The van der Waals surface area contributed by atoms with Crippen LogP contribution >= 0.6 is 0 Å². The first kappa shape index (κ1) is 19.5. The van der Waals surface area contributed by atoms with Gasteiger partial charge >= 0.3 is 0 Å². The number of hydrogen-bond acceptors (Lipinski definition) is 3. The second-order valence-electron chi connectivity index (χ2n) is 6.58. The monoisotopic (exact) mass is 377 g/mol. The van der Waals surface area contributed by atoms with Crippen LogP contribution in [0.4, 0.5) is 5.69 Å². The quantitative estimate of drug-likeness (QED) is 0.634. The number of quaternary nitrogens is 1. The van der Waals surface area contributed by atoms with Crippen molar-refractivity contribution in [1.29, 1.82) is 0 Å². The number of amides is 1. The molecule has 2 N–H and O–H groups in total. The molecule has 0 radical (unpaired) electrons. The molecule has 5 heteroatoms. The number of ether oxygens (including phenoxy) is 2. The van der Waals surface area contributed by atoms with Crippen LogP contribution in [0.25, 0.3) is 0 Å². The van der Waals surface area contributed by atoms with Crippen molar-refractivity contribution in [3.05, 3.63) is 84.4 Å². The van der Waals surface area contributed by atoms with Crippen LogP contribution in [0.3, 0.4) is 0 Å². The number of methoxy groups -OCH3 is 1. The predicted molar refractivity (Wildman–Crippen MR) is 110 cm³/mol. The predicted octanol–water partition coefficient (Wildman–Crippen LogP) is 3.14. The van der Waals surface area contributed by atoms with E-state index in [0.29, 0.717) is 24.5 Å². The van der Waals surface area contributed by atoms with Gasteiger partial charge in [-0.1, -0.05) is 42.5 Å². The molecule has 1 amide bonds. The summed E-state index contributed by atoms with van der Waals surface area (Å²) in [5, 5.41) is 2.96. The Bertz CT molecular complexity index is 912. The molecule has 5 nitrogen and oxygen atoms in total. The molecule has 1 atom stereocenters. The van der Waals surface area contributed by atoms with E-state index in [1.165, 1.54) is 0 Å². The summed E-state index contributed by atoms with van der Waals surface area (Å²) < 4.78 is 11.3. The third kappa shape index (κ3) is 5.34. The van der Waals surface area contributed by atoms with Gasteiger partial charge in [-0.15, -0.1) is 0 Å². The third-order valence-electron chi connectivity index (χ3n) is 4.28. The van der Waals surface area contributed by atoms with E-state index in [0.717, 1.165) is 22.0 Å². The highest BCUT2D eigenvalue weighted by molar-refractivity contribution is 5.93. The van der Waals surface area contributed by atoms with Crippen molar-refractivity contribution < 1.29 is 19.2 Å². The molecule has 0 aliphatic rings. The minimum Gasteiger partial charge on any atom is -0.496 e. The molecule has 3 rings (SSSR count). The molecule has 1 unspecified atom stereocenters. The van der Waals surface area contributed by atoms with E-state index >= 15 is 0 Å². The van der Waals surface area contributed by atoms with E-state index < -0.39 is 0 Å². The summed E-state index contributed by atoms with van der Waals surface area (Å²) in [4.78, 5) is 13.6. The lowest BCUT2D eigenvalue weighted by Crippen LogP contribution is -3.08. The molecule has 144 valence electrons. The Balaban J connectivity index is 1.62. The number of benzene rings is 3. The number of likely N-dealkylation sites (N-methyl/N-ethyl adjacent to an activating group) is 1. The molecule has 3 aromatic carbocycles. The normalized spacial score (nSPS) is 11.5. The van der Waals surface area contributed by atoms with E-state index in [2.05, 4.69) is 5.32 Å². The van der Waals surface area contributed by atoms with Crippen molar-refractivity contribution in [2.75, 3.05) is 26.0 Å². The van der Waals surface area contributed by atoms with Gasteiger partial charge in [-0.3, -0.25) is 4.79 Å². The first-order valence-corrected chi connectivity index (χ1v) is 9.20. The molecule has 0 bridgehead atoms. The lowest BCUT2D eigenvalue weighted by atomic mass is 10.2. The molecule has 0 saturated heterocycles. The maximum atomic E-state index is 12.6. The number of nitrogens with one attached hydrogen (secondary N) is 2. The van der Waals surface area contributed by atoms with Gasteiger partial charge in [0.2, 0.25) is 0 Å². The lowest BCUT2D eigenvalue weighted by molar-refractivity contribution is -0.885. The maximum absolute atomic E-state index is 12.6. The molecule has 0 saturated carbocycles. The summed E-state index contributed by atoms with van der Waals surface area (Å²) in [5.41, 5.74) is 1.73. The standard InChI is InChI=1S/C23H24N2O3/c1-25(16-18-10-6-8-14-21(18)27-2)17-23(26)24-20-13-7-9-15-22(20)28-19-11-4-3-5-12-19/h3-15H,16-17H2,1-2H3,(H,24,26)/p+1. The maximum Gasteiger partial charge on any atom is 0.279 e. The smallest absolute Gasteiger partial charge is 0.279 e. The number of anilines is 1. The van der Waals surface area contributed by atoms with Crippen molar-refractivity contribution in [3.8, 4) is 17.2 Å². The van der Waals surface area contributed by atoms with Crippen LogP contribution in [0.15, 0.2) is 78.9 Å². The first-order valence-electron chi connectivity index (χ1n) is 9.20. The largest absolute Gasteiger partial charge is 0.496 e. The van der Waals surface area contributed by atoms with Crippen LogP contribution < -0.4 is 19.7 Å². The molecular formula is C23H25N2O3+. The van der Waals surface area contributed by atoms with Gasteiger partial charge in [0.1, 0.15) is 18.0 Å². The Morgan fingerprint density at radius 3 is 2.29 bits per heavy atom. The van der Waals surface area contributed by atoms with Crippen molar-refractivity contribution in [2.45, 2.75) is 6.54 Å². The average molecular weight is 377 g/mol. The first-order chi connectivity index (χ1) is 13.7. The fraction of sp³-hybridized carbons (Fsp3) is 0.174. The van der Waals surface area contributed by atoms with Crippen molar-refractivity contribution in [2.24, 2.45) is 0 Å². The molecule has 0 aliphatic heterocycles. The Morgan fingerprint density at radius 2 is 1.54 bits per heavy atom. The van der Waals surface area contributed by atoms with Crippen LogP contribution in [-0.4, -0.2) is 26.6 Å². The minimum atomic E-state index is -0.0727. The fourth-order valence-corrected chi connectivity index (χ4v) is 2.98. The zero-order valence-electron chi connectivity index (χ0n) is 16.1. The molecule has 0 aliphatic carbocycles. The van der Waals surface area contributed by atoms with Crippen molar-refractivity contribution >= 4 is 11.6 Å². The molecule has 0 spiro atoms. The van der Waals surface area contributed by atoms with Gasteiger partial charge in [0.05, 0.1) is 19.8 Å². The zero-order chi connectivity index (χ0) is 19.8. The van der Waals surface area contributed by atoms with Crippen LogP contribution in [0.2, 0.25) is 0 Å². The molecule has 28 heavy (non-hydrogen) atoms.